The van der Waals surface area contributed by atoms with Gasteiger partial charge in [-0.15, -0.1) is 0 Å². The molecule has 0 saturated heterocycles. The average Bonchev–Trinajstić information content (AvgIpc) is 2.91. The van der Waals surface area contributed by atoms with E-state index in [0.29, 0.717) is 35.7 Å². The lowest BCUT2D eigenvalue weighted by Gasteiger charge is -2.38. The van der Waals surface area contributed by atoms with Gasteiger partial charge in [0, 0.05) is 43.5 Å². The second kappa shape index (κ2) is 12.0. The molecular weight excluding hydrogens is 468 g/mol. The zero-order valence-corrected chi connectivity index (χ0v) is 21.5. The lowest BCUT2D eigenvalue weighted by Crippen LogP contribution is -2.49. The van der Waals surface area contributed by atoms with E-state index < -0.39 is 0 Å². The van der Waals surface area contributed by atoms with Crippen LogP contribution in [0.25, 0.3) is 0 Å². The number of hydrogen-bond acceptors (Lipinski definition) is 6. The highest BCUT2D eigenvalue weighted by Gasteiger charge is 2.34. The van der Waals surface area contributed by atoms with Gasteiger partial charge in [-0.3, -0.25) is 19.5 Å². The Hall–Kier alpha value is -3.75. The van der Waals surface area contributed by atoms with Gasteiger partial charge in [0.2, 0.25) is 0 Å². The zero-order chi connectivity index (χ0) is 26.4. The number of ether oxygens (including phenoxy) is 1. The first-order valence-corrected chi connectivity index (χ1v) is 12.5. The molecule has 0 fully saturated rings. The Labute approximate surface area is 217 Å². The minimum Gasteiger partial charge on any atom is -0.486 e. The first-order valence-electron chi connectivity index (χ1n) is 12.5. The molecule has 2 N–H and O–H groups in total. The van der Waals surface area contributed by atoms with E-state index in [4.69, 9.17) is 4.74 Å². The van der Waals surface area contributed by atoms with E-state index in [0.717, 1.165) is 6.54 Å². The van der Waals surface area contributed by atoms with Gasteiger partial charge in [-0.05, 0) is 43.8 Å². The minimum absolute atomic E-state index is 0.0340. The molecule has 4 rings (SSSR count). The number of para-hydroxylation sites is 1. The Morgan fingerprint density at radius 2 is 1.89 bits per heavy atom. The van der Waals surface area contributed by atoms with Crippen LogP contribution in [-0.4, -0.2) is 70.6 Å². The molecule has 2 amide bonds. The second-order valence-corrected chi connectivity index (χ2v) is 9.68. The fourth-order valence-corrected chi connectivity index (χ4v) is 4.52. The number of pyridine rings is 1. The van der Waals surface area contributed by atoms with Crippen LogP contribution in [-0.2, 0) is 6.54 Å². The van der Waals surface area contributed by atoms with E-state index in [2.05, 4.69) is 34.3 Å². The van der Waals surface area contributed by atoms with E-state index in [1.807, 2.05) is 32.2 Å². The van der Waals surface area contributed by atoms with Crippen molar-refractivity contribution in [1.82, 2.24) is 14.8 Å². The number of benzene rings is 2. The van der Waals surface area contributed by atoms with Crippen LogP contribution in [0, 0.1) is 5.92 Å². The Balaban J connectivity index is 1.67. The summed E-state index contributed by atoms with van der Waals surface area (Å²) >= 11 is 0. The molecule has 0 aliphatic carbocycles. The third-order valence-electron chi connectivity index (χ3n) is 6.67. The quantitative estimate of drug-likeness (QED) is 0.488. The van der Waals surface area contributed by atoms with Gasteiger partial charge in [-0.25, -0.2) is 0 Å². The van der Waals surface area contributed by atoms with Crippen molar-refractivity contribution in [3.63, 3.8) is 0 Å². The summed E-state index contributed by atoms with van der Waals surface area (Å²) in [7, 11) is 2.04. The SMILES string of the molecule is C[C@@H]1CN([C@@H](C)CO)C(=O)c2cccc(NC(=O)c3ccncc3)c2O[C@@H]1CN(C)Cc1ccccc1. The summed E-state index contributed by atoms with van der Waals surface area (Å²) in [5.41, 5.74) is 2.43. The average molecular weight is 503 g/mol. The van der Waals surface area contributed by atoms with E-state index in [1.54, 1.807) is 47.6 Å². The molecule has 0 saturated carbocycles. The number of amides is 2. The molecule has 8 heteroatoms. The minimum atomic E-state index is -0.362. The Bertz CT molecular complexity index is 1210. The molecule has 2 heterocycles. The van der Waals surface area contributed by atoms with Gasteiger partial charge in [0.05, 0.1) is 23.9 Å². The number of carbonyl (C=O) groups is 2. The van der Waals surface area contributed by atoms with Crippen LogP contribution in [0.4, 0.5) is 5.69 Å². The summed E-state index contributed by atoms with van der Waals surface area (Å²) in [5.74, 6) is -0.247. The smallest absolute Gasteiger partial charge is 0.258 e. The Morgan fingerprint density at radius 1 is 1.16 bits per heavy atom. The van der Waals surface area contributed by atoms with Crippen LogP contribution in [0.2, 0.25) is 0 Å². The maximum atomic E-state index is 13.6. The van der Waals surface area contributed by atoms with Crippen molar-refractivity contribution < 1.29 is 19.4 Å². The second-order valence-electron chi connectivity index (χ2n) is 9.68. The van der Waals surface area contributed by atoms with Crippen molar-refractivity contribution in [1.29, 1.82) is 0 Å². The van der Waals surface area contributed by atoms with Gasteiger partial charge in [0.25, 0.3) is 11.8 Å². The summed E-state index contributed by atoms with van der Waals surface area (Å²) in [6, 6.07) is 18.3. The Morgan fingerprint density at radius 3 is 2.59 bits per heavy atom. The zero-order valence-electron chi connectivity index (χ0n) is 21.5. The van der Waals surface area contributed by atoms with Crippen LogP contribution < -0.4 is 10.1 Å². The Kier molecular flexibility index (Phi) is 8.53. The van der Waals surface area contributed by atoms with Gasteiger partial charge in [-0.2, -0.15) is 0 Å². The van der Waals surface area contributed by atoms with Crippen molar-refractivity contribution in [3.8, 4) is 5.75 Å². The van der Waals surface area contributed by atoms with E-state index >= 15 is 0 Å². The predicted molar refractivity (Wildman–Crippen MR) is 143 cm³/mol. The van der Waals surface area contributed by atoms with Crippen molar-refractivity contribution in [2.45, 2.75) is 32.5 Å². The molecule has 194 valence electrons. The first kappa shape index (κ1) is 26.3. The van der Waals surface area contributed by atoms with E-state index in [1.165, 1.54) is 5.56 Å². The van der Waals surface area contributed by atoms with E-state index in [-0.39, 0.29) is 36.5 Å². The molecule has 2 aromatic carbocycles. The van der Waals surface area contributed by atoms with Gasteiger partial charge < -0.3 is 20.1 Å². The molecule has 1 aliphatic rings. The maximum absolute atomic E-state index is 13.6. The maximum Gasteiger partial charge on any atom is 0.258 e. The summed E-state index contributed by atoms with van der Waals surface area (Å²) in [5, 5.41) is 12.8. The summed E-state index contributed by atoms with van der Waals surface area (Å²) in [6.45, 7) is 5.53. The predicted octanol–water partition coefficient (Wildman–Crippen LogP) is 3.69. The molecule has 0 spiro atoms. The van der Waals surface area contributed by atoms with Gasteiger partial charge >= 0.3 is 0 Å². The van der Waals surface area contributed by atoms with Crippen LogP contribution in [0.3, 0.4) is 0 Å². The highest BCUT2D eigenvalue weighted by atomic mass is 16.5. The molecule has 3 aromatic rings. The topological polar surface area (TPSA) is 95.0 Å². The number of aliphatic hydroxyl groups is 1. The number of nitrogens with one attached hydrogen (secondary N) is 1. The normalized spacial score (nSPS) is 18.4. The lowest BCUT2D eigenvalue weighted by atomic mass is 9.98. The largest absolute Gasteiger partial charge is 0.486 e. The van der Waals surface area contributed by atoms with Crippen LogP contribution in [0.15, 0.2) is 73.1 Å². The summed E-state index contributed by atoms with van der Waals surface area (Å²) in [4.78, 5) is 34.4. The van der Waals surface area contributed by atoms with Crippen molar-refractivity contribution in [2.24, 2.45) is 5.92 Å². The number of rotatable bonds is 8. The standard InChI is InChI=1S/C29H34N4O4/c1-20-16-33(21(2)19-34)29(36)24-10-7-11-25(31-28(35)23-12-14-30-15-13-23)27(24)37-26(20)18-32(3)17-22-8-5-4-6-9-22/h4-15,20-21,26,34H,16-19H2,1-3H3,(H,31,35)/t20-,21+,26-/m1/s1. The molecule has 1 aromatic heterocycles. The number of fused-ring (bicyclic) bond motifs is 1. The van der Waals surface area contributed by atoms with Crippen LogP contribution in [0.1, 0.15) is 40.1 Å². The van der Waals surface area contributed by atoms with Gasteiger partial charge in [0.15, 0.2) is 5.75 Å². The monoisotopic (exact) mass is 502 g/mol. The molecule has 0 unspecified atom stereocenters. The number of hydrogen-bond donors (Lipinski definition) is 2. The molecule has 8 nitrogen and oxygen atoms in total. The third kappa shape index (κ3) is 6.34. The molecule has 0 radical (unpaired) electrons. The highest BCUT2D eigenvalue weighted by molar-refractivity contribution is 6.07. The molecular formula is C29H34N4O4. The summed E-state index contributed by atoms with van der Waals surface area (Å²) < 4.78 is 6.58. The number of aromatic nitrogens is 1. The molecule has 0 bridgehead atoms. The van der Waals surface area contributed by atoms with Gasteiger partial charge in [0.1, 0.15) is 6.10 Å². The number of nitrogens with zero attached hydrogens (tertiary/aromatic N) is 3. The lowest BCUT2D eigenvalue weighted by molar-refractivity contribution is 0.0343. The van der Waals surface area contributed by atoms with Gasteiger partial charge in [-0.1, -0.05) is 43.3 Å². The van der Waals surface area contributed by atoms with Crippen molar-refractivity contribution in [3.05, 3.63) is 89.7 Å². The fraction of sp³-hybridized carbons (Fsp3) is 0.345. The fourth-order valence-electron chi connectivity index (χ4n) is 4.52. The van der Waals surface area contributed by atoms with Crippen LogP contribution in [0.5, 0.6) is 5.75 Å². The highest BCUT2D eigenvalue weighted by Crippen LogP contribution is 2.35. The molecule has 37 heavy (non-hydrogen) atoms. The first-order chi connectivity index (χ1) is 17.9. The number of carbonyl (C=O) groups excluding carboxylic acids is 2. The number of aliphatic hydroxyl groups excluding tert-OH is 1. The van der Waals surface area contributed by atoms with Crippen LogP contribution >= 0.6 is 0 Å². The molecule has 1 aliphatic heterocycles. The number of likely N-dealkylation sites (N-methyl/N-ethyl adjacent to an activating group) is 1. The van der Waals surface area contributed by atoms with Crippen molar-refractivity contribution in [2.75, 3.05) is 32.1 Å². The summed E-state index contributed by atoms with van der Waals surface area (Å²) in [6.07, 6.45) is 2.84. The van der Waals surface area contributed by atoms with E-state index in [9.17, 15) is 14.7 Å². The molecule has 3 atom stereocenters. The van der Waals surface area contributed by atoms with Crippen molar-refractivity contribution >= 4 is 17.5 Å². The third-order valence-corrected chi connectivity index (χ3v) is 6.67. The number of anilines is 1.